The molecule has 4 heteroatoms. The van der Waals surface area contributed by atoms with Crippen LogP contribution in [0.1, 0.15) is 37.4 Å². The van der Waals surface area contributed by atoms with Gasteiger partial charge in [-0.15, -0.1) is 0 Å². The van der Waals surface area contributed by atoms with E-state index in [1.54, 1.807) is 0 Å². The topological polar surface area (TPSA) is 55.6 Å². The van der Waals surface area contributed by atoms with E-state index in [0.29, 0.717) is 13.0 Å². The van der Waals surface area contributed by atoms with E-state index in [-0.39, 0.29) is 11.9 Å². The van der Waals surface area contributed by atoms with E-state index in [0.717, 1.165) is 28.0 Å². The van der Waals surface area contributed by atoms with Crippen LogP contribution in [-0.2, 0) is 11.3 Å². The highest BCUT2D eigenvalue weighted by molar-refractivity contribution is 6.00. The lowest BCUT2D eigenvalue weighted by Gasteiger charge is -2.35. The maximum absolute atomic E-state index is 13.1. The summed E-state index contributed by atoms with van der Waals surface area (Å²) in [6, 6.07) is 20.3. The number of fused-ring (bicyclic) bond motifs is 2. The minimum atomic E-state index is -0.450. The molecule has 0 radical (unpaired) electrons. The highest BCUT2D eigenvalue weighted by Gasteiger charge is 2.33. The number of anilines is 1. The number of hydrogen-bond acceptors (Lipinski definition) is 3. The van der Waals surface area contributed by atoms with Crippen molar-refractivity contribution in [1.82, 2.24) is 0 Å². The molecule has 3 aromatic carbocycles. The zero-order chi connectivity index (χ0) is 19.0. The van der Waals surface area contributed by atoms with Crippen LogP contribution in [0.25, 0.3) is 10.8 Å². The third-order valence-electron chi connectivity index (χ3n) is 5.19. The van der Waals surface area contributed by atoms with E-state index in [9.17, 15) is 4.79 Å². The van der Waals surface area contributed by atoms with Gasteiger partial charge in [-0.2, -0.15) is 0 Å². The predicted molar refractivity (Wildman–Crippen MR) is 109 cm³/mol. The van der Waals surface area contributed by atoms with Gasteiger partial charge >= 0.3 is 0 Å². The maximum Gasteiger partial charge on any atom is 0.268 e. The Kier molecular flexibility index (Phi) is 4.58. The average Bonchev–Trinajstić information content (AvgIpc) is 2.69. The molecule has 0 aromatic heterocycles. The molecular formula is C23H24N2O2. The van der Waals surface area contributed by atoms with Crippen LogP contribution in [0, 0.1) is 0 Å². The molecule has 0 saturated heterocycles. The van der Waals surface area contributed by atoms with Gasteiger partial charge in [0, 0.05) is 6.04 Å². The molecule has 0 aliphatic carbocycles. The van der Waals surface area contributed by atoms with Crippen molar-refractivity contribution >= 4 is 22.4 Å². The predicted octanol–water partition coefficient (Wildman–Crippen LogP) is 4.56. The Morgan fingerprint density at radius 2 is 1.89 bits per heavy atom. The standard InChI is InChI=1S/C23H24N2O2/c1-3-21-23(26)25(20-13-17(15(2)24)11-12-22(20)27-21)14-18-9-6-8-16-7-4-5-10-19(16)18/h4-13,15,21H,3,14,24H2,1-2H3. The van der Waals surface area contributed by atoms with E-state index < -0.39 is 6.10 Å². The number of nitrogens with zero attached hydrogens (tertiary/aromatic N) is 1. The fourth-order valence-corrected chi connectivity index (χ4v) is 3.65. The summed E-state index contributed by atoms with van der Waals surface area (Å²) in [7, 11) is 0. The lowest BCUT2D eigenvalue weighted by molar-refractivity contribution is -0.126. The first-order valence-corrected chi connectivity index (χ1v) is 9.42. The smallest absolute Gasteiger partial charge is 0.268 e. The summed E-state index contributed by atoms with van der Waals surface area (Å²) in [5.74, 6) is 0.742. The molecular weight excluding hydrogens is 336 g/mol. The van der Waals surface area contributed by atoms with E-state index in [2.05, 4.69) is 24.3 Å². The quantitative estimate of drug-likeness (QED) is 0.742. The third-order valence-corrected chi connectivity index (χ3v) is 5.19. The highest BCUT2D eigenvalue weighted by Crippen LogP contribution is 2.38. The van der Waals surface area contributed by atoms with Crippen molar-refractivity contribution in [3.05, 3.63) is 71.8 Å². The van der Waals surface area contributed by atoms with Crippen LogP contribution in [0.3, 0.4) is 0 Å². The number of carbonyl (C=O) groups excluding carboxylic acids is 1. The molecule has 2 atom stereocenters. The number of nitrogens with two attached hydrogens (primary N) is 1. The van der Waals surface area contributed by atoms with Crippen LogP contribution in [0.15, 0.2) is 60.7 Å². The van der Waals surface area contributed by atoms with Gasteiger partial charge in [0.1, 0.15) is 5.75 Å². The van der Waals surface area contributed by atoms with Crippen LogP contribution in [0.5, 0.6) is 5.75 Å². The second-order valence-corrected chi connectivity index (χ2v) is 7.09. The van der Waals surface area contributed by atoms with Crippen molar-refractivity contribution in [2.75, 3.05) is 4.90 Å². The summed E-state index contributed by atoms with van der Waals surface area (Å²) < 4.78 is 5.95. The van der Waals surface area contributed by atoms with E-state index in [1.165, 1.54) is 5.39 Å². The summed E-state index contributed by atoms with van der Waals surface area (Å²) in [4.78, 5) is 15.0. The van der Waals surface area contributed by atoms with Gasteiger partial charge in [-0.3, -0.25) is 4.79 Å². The summed E-state index contributed by atoms with van der Waals surface area (Å²) in [5, 5.41) is 2.34. The Bertz CT molecular complexity index is 991. The van der Waals surface area contributed by atoms with Crippen LogP contribution in [0.4, 0.5) is 5.69 Å². The maximum atomic E-state index is 13.1. The van der Waals surface area contributed by atoms with Gasteiger partial charge in [-0.1, -0.05) is 55.5 Å². The Hall–Kier alpha value is -2.85. The molecule has 0 saturated carbocycles. The minimum Gasteiger partial charge on any atom is -0.478 e. The normalized spacial score (nSPS) is 17.5. The van der Waals surface area contributed by atoms with Gasteiger partial charge in [0.15, 0.2) is 6.10 Å². The monoisotopic (exact) mass is 360 g/mol. The molecule has 1 heterocycles. The molecule has 138 valence electrons. The first kappa shape index (κ1) is 17.6. The van der Waals surface area contributed by atoms with Gasteiger partial charge in [0.2, 0.25) is 0 Å². The van der Waals surface area contributed by atoms with E-state index in [1.807, 2.05) is 55.1 Å². The SMILES string of the molecule is CCC1Oc2ccc(C(C)N)cc2N(Cc2cccc3ccccc23)C1=O. The molecule has 1 aliphatic rings. The first-order valence-electron chi connectivity index (χ1n) is 9.42. The number of hydrogen-bond donors (Lipinski definition) is 1. The Morgan fingerprint density at radius 3 is 2.67 bits per heavy atom. The molecule has 4 rings (SSSR count). The second-order valence-electron chi connectivity index (χ2n) is 7.09. The Labute approximate surface area is 159 Å². The molecule has 2 N–H and O–H groups in total. The van der Waals surface area contributed by atoms with E-state index in [4.69, 9.17) is 10.5 Å². The summed E-state index contributed by atoms with van der Waals surface area (Å²) in [6.07, 6.45) is 0.188. The minimum absolute atomic E-state index is 0.000223. The second kappa shape index (κ2) is 7.05. The van der Waals surface area contributed by atoms with Crippen molar-refractivity contribution in [3.63, 3.8) is 0 Å². The fraction of sp³-hybridized carbons (Fsp3) is 0.261. The number of amides is 1. The summed E-state index contributed by atoms with van der Waals surface area (Å²) >= 11 is 0. The zero-order valence-electron chi connectivity index (χ0n) is 15.7. The van der Waals surface area contributed by atoms with E-state index >= 15 is 0 Å². The number of rotatable bonds is 4. The largest absolute Gasteiger partial charge is 0.478 e. The Morgan fingerprint density at radius 1 is 1.11 bits per heavy atom. The van der Waals surface area contributed by atoms with Crippen LogP contribution in [-0.4, -0.2) is 12.0 Å². The third kappa shape index (κ3) is 3.17. The highest BCUT2D eigenvalue weighted by atomic mass is 16.5. The average molecular weight is 360 g/mol. The molecule has 1 aliphatic heterocycles. The lowest BCUT2D eigenvalue weighted by atomic mass is 10.0. The van der Waals surface area contributed by atoms with Crippen molar-refractivity contribution in [1.29, 1.82) is 0 Å². The molecule has 3 aromatic rings. The fourth-order valence-electron chi connectivity index (χ4n) is 3.65. The Balaban J connectivity index is 1.80. The van der Waals surface area contributed by atoms with Gasteiger partial charge in [-0.25, -0.2) is 0 Å². The lowest BCUT2D eigenvalue weighted by Crippen LogP contribution is -2.45. The van der Waals surface area contributed by atoms with Gasteiger partial charge in [0.25, 0.3) is 5.91 Å². The summed E-state index contributed by atoms with van der Waals surface area (Å²) in [5.41, 5.74) is 8.97. The number of carbonyl (C=O) groups is 1. The van der Waals surface area contributed by atoms with Crippen LogP contribution < -0.4 is 15.4 Å². The van der Waals surface area contributed by atoms with Crippen LogP contribution in [0.2, 0.25) is 0 Å². The van der Waals surface area contributed by atoms with Crippen molar-refractivity contribution < 1.29 is 9.53 Å². The molecule has 27 heavy (non-hydrogen) atoms. The number of ether oxygens (including phenoxy) is 1. The molecule has 0 bridgehead atoms. The van der Waals surface area contributed by atoms with Crippen molar-refractivity contribution in [3.8, 4) is 5.75 Å². The van der Waals surface area contributed by atoms with Crippen LogP contribution >= 0.6 is 0 Å². The first-order chi connectivity index (χ1) is 13.1. The van der Waals surface area contributed by atoms with Crippen molar-refractivity contribution in [2.45, 2.75) is 39.0 Å². The van der Waals surface area contributed by atoms with Gasteiger partial charge in [0.05, 0.1) is 12.2 Å². The molecule has 0 fully saturated rings. The molecule has 1 amide bonds. The molecule has 2 unspecified atom stereocenters. The molecule has 4 nitrogen and oxygen atoms in total. The number of benzene rings is 3. The zero-order valence-corrected chi connectivity index (χ0v) is 15.7. The van der Waals surface area contributed by atoms with Gasteiger partial charge < -0.3 is 15.4 Å². The van der Waals surface area contributed by atoms with Gasteiger partial charge in [-0.05, 0) is 47.4 Å². The van der Waals surface area contributed by atoms with Crippen molar-refractivity contribution in [2.24, 2.45) is 5.73 Å². The summed E-state index contributed by atoms with van der Waals surface area (Å²) in [6.45, 7) is 4.42. The molecule has 0 spiro atoms.